The normalized spacial score (nSPS) is 18.9. The minimum atomic E-state index is -0.560. The van der Waals surface area contributed by atoms with Gasteiger partial charge in [0.05, 0.1) is 11.7 Å². The van der Waals surface area contributed by atoms with E-state index in [-0.39, 0.29) is 11.8 Å². The molecule has 0 radical (unpaired) electrons. The lowest BCUT2D eigenvalue weighted by molar-refractivity contribution is 0.0499. The summed E-state index contributed by atoms with van der Waals surface area (Å²) in [6.07, 6.45) is 4.29. The summed E-state index contributed by atoms with van der Waals surface area (Å²) < 4.78 is 5.24. The number of carbonyl (C=O) groups excluding carboxylic acids is 2. The van der Waals surface area contributed by atoms with Gasteiger partial charge in [-0.25, -0.2) is 9.78 Å². The van der Waals surface area contributed by atoms with Crippen molar-refractivity contribution in [3.8, 4) is 0 Å². The molecule has 1 amide bonds. The van der Waals surface area contributed by atoms with Gasteiger partial charge in [-0.1, -0.05) is 0 Å². The molecule has 0 aliphatic heterocycles. The van der Waals surface area contributed by atoms with Crippen LogP contribution in [0.5, 0.6) is 0 Å². The topological polar surface area (TPSA) is 81.2 Å². The molecule has 0 fully saturated rings. The summed E-state index contributed by atoms with van der Waals surface area (Å²) in [6, 6.07) is -0.333. The zero-order chi connectivity index (χ0) is 14.8. The molecule has 6 nitrogen and oxygen atoms in total. The standard InChI is InChI=1S/C14H19N3O3/c1-14(2,3)20-13(19)17-9-5-4-6-10(18)12-11(9)15-7-8-16-12/h7-9H,4-6H2,1-3H3,(H,17,19)/t9-/m0/s1. The minimum Gasteiger partial charge on any atom is -0.444 e. The summed E-state index contributed by atoms with van der Waals surface area (Å²) in [5.74, 6) is -0.0263. The van der Waals surface area contributed by atoms with E-state index in [9.17, 15) is 9.59 Å². The number of ketones is 1. The third-order valence-electron chi connectivity index (χ3n) is 2.91. The van der Waals surface area contributed by atoms with Crippen molar-refractivity contribution in [2.24, 2.45) is 0 Å². The summed E-state index contributed by atoms with van der Waals surface area (Å²) >= 11 is 0. The second kappa shape index (κ2) is 5.56. The van der Waals surface area contributed by atoms with Crippen LogP contribution in [0, 0.1) is 0 Å². The molecule has 108 valence electrons. The molecular formula is C14H19N3O3. The number of Topliss-reactive ketones (excluding diaryl/α,β-unsaturated/α-hetero) is 1. The fourth-order valence-electron chi connectivity index (χ4n) is 2.13. The molecule has 1 heterocycles. The summed E-state index contributed by atoms with van der Waals surface area (Å²) in [5.41, 5.74) is 0.322. The van der Waals surface area contributed by atoms with Gasteiger partial charge < -0.3 is 10.1 Å². The van der Waals surface area contributed by atoms with Gasteiger partial charge in [0.25, 0.3) is 0 Å². The maximum absolute atomic E-state index is 11.9. The van der Waals surface area contributed by atoms with Crippen molar-refractivity contribution >= 4 is 11.9 Å². The van der Waals surface area contributed by atoms with Crippen LogP contribution >= 0.6 is 0 Å². The smallest absolute Gasteiger partial charge is 0.408 e. The number of fused-ring (bicyclic) bond motifs is 1. The zero-order valence-electron chi connectivity index (χ0n) is 12.0. The van der Waals surface area contributed by atoms with E-state index in [0.29, 0.717) is 30.7 Å². The number of hydrogen-bond donors (Lipinski definition) is 1. The van der Waals surface area contributed by atoms with Gasteiger partial charge in [0, 0.05) is 18.8 Å². The summed E-state index contributed by atoms with van der Waals surface area (Å²) in [7, 11) is 0. The van der Waals surface area contributed by atoms with Crippen molar-refractivity contribution in [1.82, 2.24) is 15.3 Å². The van der Waals surface area contributed by atoms with Crippen LogP contribution in [0.15, 0.2) is 12.4 Å². The van der Waals surface area contributed by atoms with Crippen LogP contribution in [0.1, 0.15) is 62.3 Å². The van der Waals surface area contributed by atoms with Crippen LogP contribution in [0.3, 0.4) is 0 Å². The molecule has 0 bridgehead atoms. The van der Waals surface area contributed by atoms with E-state index in [1.165, 1.54) is 12.4 Å². The highest BCUT2D eigenvalue weighted by molar-refractivity contribution is 5.95. The molecule has 1 N–H and O–H groups in total. The highest BCUT2D eigenvalue weighted by Gasteiger charge is 2.28. The number of ether oxygens (including phenoxy) is 1. The van der Waals surface area contributed by atoms with E-state index in [1.54, 1.807) is 20.8 Å². The van der Waals surface area contributed by atoms with Crippen molar-refractivity contribution in [2.45, 2.75) is 51.7 Å². The number of alkyl carbamates (subject to hydrolysis) is 1. The van der Waals surface area contributed by atoms with E-state index in [2.05, 4.69) is 15.3 Å². The summed E-state index contributed by atoms with van der Waals surface area (Å²) in [5, 5.41) is 2.78. The first-order valence-electron chi connectivity index (χ1n) is 6.70. The van der Waals surface area contributed by atoms with Gasteiger partial charge in [0.1, 0.15) is 11.3 Å². The van der Waals surface area contributed by atoms with Gasteiger partial charge in [-0.05, 0) is 33.6 Å². The Labute approximate surface area is 118 Å². The number of nitrogens with zero attached hydrogens (tertiary/aromatic N) is 2. The van der Waals surface area contributed by atoms with Gasteiger partial charge in [-0.3, -0.25) is 9.78 Å². The Morgan fingerprint density at radius 3 is 2.75 bits per heavy atom. The maximum atomic E-state index is 11.9. The second-order valence-electron chi connectivity index (χ2n) is 5.80. The Kier molecular flexibility index (Phi) is 4.01. The Balaban J connectivity index is 2.18. The van der Waals surface area contributed by atoms with Gasteiger partial charge in [-0.2, -0.15) is 0 Å². The molecule has 0 saturated carbocycles. The number of rotatable bonds is 1. The SMILES string of the molecule is CC(C)(C)OC(=O)N[C@H]1CCCC(=O)c2nccnc21. The van der Waals surface area contributed by atoms with E-state index in [4.69, 9.17) is 4.74 Å². The minimum absolute atomic E-state index is 0.0263. The second-order valence-corrected chi connectivity index (χ2v) is 5.80. The molecule has 0 aromatic carbocycles. The van der Waals surface area contributed by atoms with E-state index in [1.807, 2.05) is 0 Å². The Bertz CT molecular complexity index is 523. The van der Waals surface area contributed by atoms with E-state index >= 15 is 0 Å². The van der Waals surface area contributed by atoms with E-state index < -0.39 is 11.7 Å². The maximum Gasteiger partial charge on any atom is 0.408 e. The Hall–Kier alpha value is -1.98. The lowest BCUT2D eigenvalue weighted by Gasteiger charge is -2.23. The average Bonchev–Trinajstić information content (AvgIpc) is 2.49. The van der Waals surface area contributed by atoms with Crippen LogP contribution in [0.4, 0.5) is 4.79 Å². The molecule has 1 atom stereocenters. The largest absolute Gasteiger partial charge is 0.444 e. The van der Waals surface area contributed by atoms with Crippen LogP contribution in [-0.2, 0) is 4.74 Å². The molecule has 6 heteroatoms. The quantitative estimate of drug-likeness (QED) is 0.797. The molecule has 1 aromatic rings. The molecule has 1 aromatic heterocycles. The fourth-order valence-corrected chi connectivity index (χ4v) is 2.13. The number of nitrogens with one attached hydrogen (secondary N) is 1. The highest BCUT2D eigenvalue weighted by atomic mass is 16.6. The average molecular weight is 277 g/mol. The Morgan fingerprint density at radius 1 is 1.35 bits per heavy atom. The molecule has 20 heavy (non-hydrogen) atoms. The van der Waals surface area contributed by atoms with Crippen LogP contribution in [0.25, 0.3) is 0 Å². The lowest BCUT2D eigenvalue weighted by Crippen LogP contribution is -2.35. The number of aromatic nitrogens is 2. The van der Waals surface area contributed by atoms with Crippen molar-refractivity contribution in [3.63, 3.8) is 0 Å². The van der Waals surface area contributed by atoms with Gasteiger partial charge in [0.15, 0.2) is 5.78 Å². The zero-order valence-corrected chi connectivity index (χ0v) is 12.0. The molecule has 2 rings (SSSR count). The molecule has 0 saturated heterocycles. The first kappa shape index (κ1) is 14.4. The monoisotopic (exact) mass is 277 g/mol. The number of hydrogen-bond acceptors (Lipinski definition) is 5. The van der Waals surface area contributed by atoms with Crippen molar-refractivity contribution in [3.05, 3.63) is 23.8 Å². The van der Waals surface area contributed by atoms with E-state index in [0.717, 1.165) is 0 Å². The Morgan fingerprint density at radius 2 is 2.05 bits per heavy atom. The van der Waals surface area contributed by atoms with Crippen molar-refractivity contribution < 1.29 is 14.3 Å². The lowest BCUT2D eigenvalue weighted by atomic mass is 10.1. The van der Waals surface area contributed by atoms with Crippen molar-refractivity contribution in [1.29, 1.82) is 0 Å². The molecular weight excluding hydrogens is 258 g/mol. The number of amides is 1. The fraction of sp³-hybridized carbons (Fsp3) is 0.571. The molecule has 0 unspecified atom stereocenters. The third-order valence-corrected chi connectivity index (χ3v) is 2.91. The molecule has 1 aliphatic carbocycles. The summed E-state index contributed by atoms with van der Waals surface area (Å²) in [4.78, 5) is 32.1. The first-order chi connectivity index (χ1) is 9.37. The molecule has 1 aliphatic rings. The summed E-state index contributed by atoms with van der Waals surface area (Å²) in [6.45, 7) is 5.41. The van der Waals surface area contributed by atoms with Gasteiger partial charge >= 0.3 is 6.09 Å². The van der Waals surface area contributed by atoms with Crippen LogP contribution in [0.2, 0.25) is 0 Å². The van der Waals surface area contributed by atoms with Gasteiger partial charge in [-0.15, -0.1) is 0 Å². The first-order valence-corrected chi connectivity index (χ1v) is 6.70. The predicted molar refractivity (Wildman–Crippen MR) is 72.3 cm³/mol. The number of carbonyl (C=O) groups is 2. The van der Waals surface area contributed by atoms with Gasteiger partial charge in [0.2, 0.25) is 0 Å². The third kappa shape index (κ3) is 3.53. The predicted octanol–water partition coefficient (Wildman–Crippen LogP) is 2.41. The van der Waals surface area contributed by atoms with Crippen LogP contribution in [-0.4, -0.2) is 27.4 Å². The van der Waals surface area contributed by atoms with Crippen LogP contribution < -0.4 is 5.32 Å². The van der Waals surface area contributed by atoms with Crippen molar-refractivity contribution in [2.75, 3.05) is 0 Å². The molecule has 0 spiro atoms. The highest BCUT2D eigenvalue weighted by Crippen LogP contribution is 2.25.